The lowest BCUT2D eigenvalue weighted by Gasteiger charge is -2.21. The van der Waals surface area contributed by atoms with Crippen LogP contribution in [0.4, 0.5) is 0 Å². The fraction of sp³-hybridized carbons (Fsp3) is 0.333. The molecule has 0 unspecified atom stereocenters. The van der Waals surface area contributed by atoms with Gasteiger partial charge in [0.15, 0.2) is 11.5 Å². The summed E-state index contributed by atoms with van der Waals surface area (Å²) in [6, 6.07) is 9.93. The van der Waals surface area contributed by atoms with Gasteiger partial charge in [-0.05, 0) is 24.3 Å². The van der Waals surface area contributed by atoms with Crippen LogP contribution in [0.15, 0.2) is 47.5 Å². The number of hydrogen-bond acceptors (Lipinski definition) is 6. The molecule has 0 saturated heterocycles. The van der Waals surface area contributed by atoms with Crippen LogP contribution in [-0.4, -0.2) is 50.5 Å². The first-order chi connectivity index (χ1) is 13.0. The van der Waals surface area contributed by atoms with Crippen molar-refractivity contribution in [3.63, 3.8) is 0 Å². The molecule has 2 heterocycles. The number of pyridine rings is 1. The highest BCUT2D eigenvalue weighted by atomic mass is 32.2. The topological polar surface area (TPSA) is 97.8 Å². The van der Waals surface area contributed by atoms with Crippen molar-refractivity contribution in [3.8, 4) is 11.5 Å². The van der Waals surface area contributed by atoms with E-state index in [-0.39, 0.29) is 23.9 Å². The largest absolute Gasteiger partial charge is 0.486 e. The van der Waals surface area contributed by atoms with Gasteiger partial charge in [0.25, 0.3) is 0 Å². The van der Waals surface area contributed by atoms with Crippen LogP contribution in [0.2, 0.25) is 0 Å². The summed E-state index contributed by atoms with van der Waals surface area (Å²) in [6.45, 7) is 2.90. The molecule has 1 aliphatic rings. The molecule has 0 fully saturated rings. The Hall–Kier alpha value is -2.65. The number of amides is 1. The smallest absolute Gasteiger partial charge is 0.240 e. The van der Waals surface area contributed by atoms with Crippen LogP contribution >= 0.6 is 0 Å². The van der Waals surface area contributed by atoms with E-state index in [0.29, 0.717) is 31.3 Å². The number of carbonyl (C=O) groups is 1. The third kappa shape index (κ3) is 4.95. The zero-order valence-corrected chi connectivity index (χ0v) is 15.7. The lowest BCUT2D eigenvalue weighted by atomic mass is 10.3. The molecular formula is C18H21N3O5S. The Morgan fingerprint density at radius 1 is 1.19 bits per heavy atom. The van der Waals surface area contributed by atoms with Crippen LogP contribution in [0.3, 0.4) is 0 Å². The maximum atomic E-state index is 12.5. The van der Waals surface area contributed by atoms with E-state index in [1.54, 1.807) is 18.3 Å². The number of hydrogen-bond donors (Lipinski definition) is 1. The van der Waals surface area contributed by atoms with Crippen molar-refractivity contribution in [1.29, 1.82) is 0 Å². The van der Waals surface area contributed by atoms with Gasteiger partial charge in [-0.3, -0.25) is 9.78 Å². The molecule has 8 nitrogen and oxygen atoms in total. The van der Waals surface area contributed by atoms with Crippen molar-refractivity contribution < 1.29 is 22.7 Å². The predicted octanol–water partition coefficient (Wildman–Crippen LogP) is 1.18. The molecule has 1 aliphatic heterocycles. The molecule has 0 spiro atoms. The van der Waals surface area contributed by atoms with Crippen molar-refractivity contribution in [2.24, 2.45) is 0 Å². The Balaban J connectivity index is 1.61. The molecule has 1 aromatic heterocycles. The molecule has 2 aromatic rings. The number of ether oxygens (including phenoxy) is 2. The number of rotatable bonds is 7. The molecule has 1 N–H and O–H groups in total. The minimum Gasteiger partial charge on any atom is -0.486 e. The molecular weight excluding hydrogens is 370 g/mol. The van der Waals surface area contributed by atoms with Crippen molar-refractivity contribution in [2.45, 2.75) is 18.4 Å². The van der Waals surface area contributed by atoms with Crippen LogP contribution in [0, 0.1) is 0 Å². The van der Waals surface area contributed by atoms with Gasteiger partial charge >= 0.3 is 0 Å². The number of fused-ring (bicyclic) bond motifs is 1. The number of nitrogens with one attached hydrogen (secondary N) is 1. The zero-order valence-electron chi connectivity index (χ0n) is 14.9. The minimum atomic E-state index is -3.73. The quantitative estimate of drug-likeness (QED) is 0.761. The van der Waals surface area contributed by atoms with Crippen molar-refractivity contribution in [3.05, 3.63) is 48.3 Å². The summed E-state index contributed by atoms with van der Waals surface area (Å²) < 4.78 is 38.3. The van der Waals surface area contributed by atoms with Gasteiger partial charge in [0.1, 0.15) is 13.2 Å². The van der Waals surface area contributed by atoms with Crippen LogP contribution in [0.25, 0.3) is 0 Å². The van der Waals surface area contributed by atoms with E-state index in [4.69, 9.17) is 9.47 Å². The van der Waals surface area contributed by atoms with E-state index in [1.165, 1.54) is 24.0 Å². The second-order valence-electron chi connectivity index (χ2n) is 5.96. The van der Waals surface area contributed by atoms with Crippen molar-refractivity contribution >= 4 is 15.9 Å². The highest BCUT2D eigenvalue weighted by Crippen LogP contribution is 2.32. The predicted molar refractivity (Wildman–Crippen MR) is 97.9 cm³/mol. The van der Waals surface area contributed by atoms with Gasteiger partial charge in [0, 0.05) is 32.3 Å². The fourth-order valence-electron chi connectivity index (χ4n) is 2.62. The van der Waals surface area contributed by atoms with Crippen molar-refractivity contribution in [1.82, 2.24) is 14.6 Å². The average molecular weight is 391 g/mol. The van der Waals surface area contributed by atoms with Gasteiger partial charge in [-0.25, -0.2) is 13.1 Å². The highest BCUT2D eigenvalue weighted by Gasteiger charge is 2.20. The Labute approximate surface area is 158 Å². The molecule has 9 heteroatoms. The molecule has 0 bridgehead atoms. The average Bonchev–Trinajstić information content (AvgIpc) is 2.67. The SMILES string of the molecule is CC(=O)N(CCNS(=O)(=O)c1ccc2c(c1)OCCO2)Cc1ccccn1. The van der Waals surface area contributed by atoms with Crippen LogP contribution < -0.4 is 14.2 Å². The van der Waals surface area contributed by atoms with Crippen LogP contribution in [0.1, 0.15) is 12.6 Å². The van der Waals surface area contributed by atoms with Gasteiger partial charge in [0.05, 0.1) is 17.1 Å². The Morgan fingerprint density at radius 3 is 2.67 bits per heavy atom. The maximum Gasteiger partial charge on any atom is 0.240 e. The second kappa shape index (κ2) is 8.36. The third-order valence-corrected chi connectivity index (χ3v) is 5.48. The van der Waals surface area contributed by atoms with E-state index < -0.39 is 10.0 Å². The van der Waals surface area contributed by atoms with Gasteiger partial charge in [0.2, 0.25) is 15.9 Å². The summed E-state index contributed by atoms with van der Waals surface area (Å²) in [6.07, 6.45) is 1.65. The molecule has 1 aromatic carbocycles. The Morgan fingerprint density at radius 2 is 1.96 bits per heavy atom. The lowest BCUT2D eigenvalue weighted by Crippen LogP contribution is -2.37. The number of carbonyl (C=O) groups excluding carboxylic acids is 1. The molecule has 0 saturated carbocycles. The molecule has 27 heavy (non-hydrogen) atoms. The first-order valence-corrected chi connectivity index (χ1v) is 9.99. The van der Waals surface area contributed by atoms with E-state index in [2.05, 4.69) is 9.71 Å². The molecule has 144 valence electrons. The summed E-state index contributed by atoms with van der Waals surface area (Å²) >= 11 is 0. The summed E-state index contributed by atoms with van der Waals surface area (Å²) in [7, 11) is -3.73. The number of nitrogens with zero attached hydrogens (tertiary/aromatic N) is 2. The summed E-state index contributed by atoms with van der Waals surface area (Å²) in [4.78, 5) is 17.6. The fourth-order valence-corrected chi connectivity index (χ4v) is 3.66. The number of sulfonamides is 1. The molecule has 3 rings (SSSR count). The van der Waals surface area contributed by atoms with Gasteiger partial charge in [-0.15, -0.1) is 0 Å². The Kier molecular flexibility index (Phi) is 5.92. The van der Waals surface area contributed by atoms with Crippen molar-refractivity contribution in [2.75, 3.05) is 26.3 Å². The van der Waals surface area contributed by atoms with Gasteiger partial charge in [-0.1, -0.05) is 6.07 Å². The van der Waals surface area contributed by atoms with Gasteiger partial charge < -0.3 is 14.4 Å². The third-order valence-electron chi connectivity index (χ3n) is 4.02. The van der Waals surface area contributed by atoms with E-state index in [1.807, 2.05) is 12.1 Å². The summed E-state index contributed by atoms with van der Waals surface area (Å²) in [5.74, 6) is 0.780. The first-order valence-electron chi connectivity index (χ1n) is 8.50. The van der Waals surface area contributed by atoms with E-state index in [9.17, 15) is 13.2 Å². The standard InChI is InChI=1S/C18H21N3O5S/c1-14(22)21(13-15-4-2-3-7-19-15)9-8-20-27(23,24)16-5-6-17-18(12-16)26-11-10-25-17/h2-7,12,20H,8-11,13H2,1H3. The zero-order chi connectivity index (χ0) is 19.3. The minimum absolute atomic E-state index is 0.0865. The molecule has 0 aliphatic carbocycles. The van der Waals surface area contributed by atoms with Crippen LogP contribution in [-0.2, 0) is 21.4 Å². The normalized spacial score (nSPS) is 13.2. The second-order valence-corrected chi connectivity index (χ2v) is 7.73. The number of benzene rings is 1. The van der Waals surface area contributed by atoms with Crippen LogP contribution in [0.5, 0.6) is 11.5 Å². The Bertz CT molecular complexity index is 902. The lowest BCUT2D eigenvalue weighted by molar-refractivity contribution is -0.129. The van der Waals surface area contributed by atoms with E-state index in [0.717, 1.165) is 5.69 Å². The summed E-state index contributed by atoms with van der Waals surface area (Å²) in [5, 5.41) is 0. The molecule has 1 amide bonds. The number of aromatic nitrogens is 1. The highest BCUT2D eigenvalue weighted by molar-refractivity contribution is 7.89. The molecule has 0 radical (unpaired) electrons. The van der Waals surface area contributed by atoms with E-state index >= 15 is 0 Å². The maximum absolute atomic E-state index is 12.5. The first kappa shape index (κ1) is 19.1. The van der Waals surface area contributed by atoms with Gasteiger partial charge in [-0.2, -0.15) is 0 Å². The molecule has 0 atom stereocenters. The monoisotopic (exact) mass is 391 g/mol. The summed E-state index contributed by atoms with van der Waals surface area (Å²) in [5.41, 5.74) is 0.738.